The van der Waals surface area contributed by atoms with E-state index in [1.807, 2.05) is 26.1 Å². The van der Waals surface area contributed by atoms with Gasteiger partial charge in [0.2, 0.25) is 0 Å². The number of nitrogens with zero attached hydrogens (tertiary/aromatic N) is 3. The van der Waals surface area contributed by atoms with Crippen LogP contribution >= 0.6 is 0 Å². The Hall–Kier alpha value is -2.82. The van der Waals surface area contributed by atoms with Gasteiger partial charge < -0.3 is 14.8 Å². The van der Waals surface area contributed by atoms with E-state index in [4.69, 9.17) is 4.98 Å². The lowest BCUT2D eigenvalue weighted by Crippen LogP contribution is -2.26. The lowest BCUT2D eigenvalue weighted by molar-refractivity contribution is 0.0826. The summed E-state index contributed by atoms with van der Waals surface area (Å²) in [4.78, 5) is 19.2. The molecule has 5 nitrogen and oxygen atoms in total. The fraction of sp³-hybridized carbons (Fsp3) is 0.333. The van der Waals surface area contributed by atoms with Gasteiger partial charge in [-0.05, 0) is 37.0 Å². The van der Waals surface area contributed by atoms with Gasteiger partial charge in [-0.15, -0.1) is 0 Å². The molecule has 0 spiro atoms. The highest BCUT2D eigenvalue weighted by atomic mass is 16.2. The average molecular weight is 348 g/mol. The summed E-state index contributed by atoms with van der Waals surface area (Å²) in [6.07, 6.45) is 1.82. The Morgan fingerprint density at radius 2 is 2.00 bits per heavy atom. The van der Waals surface area contributed by atoms with Crippen molar-refractivity contribution < 1.29 is 4.79 Å². The predicted octanol–water partition coefficient (Wildman–Crippen LogP) is 3.68. The van der Waals surface area contributed by atoms with Gasteiger partial charge in [-0.3, -0.25) is 4.79 Å². The third-order valence-electron chi connectivity index (χ3n) is 5.35. The minimum absolute atomic E-state index is 0.0435. The molecule has 0 aliphatic carbocycles. The Bertz CT molecular complexity index is 988. The molecule has 3 aromatic rings. The predicted molar refractivity (Wildman–Crippen MR) is 105 cm³/mol. The van der Waals surface area contributed by atoms with E-state index in [-0.39, 0.29) is 11.9 Å². The number of carbonyl (C=O) groups excluding carboxylic acids is 1. The molecule has 2 heterocycles. The molecule has 1 amide bonds. The lowest BCUT2D eigenvalue weighted by atomic mass is 9.89. The summed E-state index contributed by atoms with van der Waals surface area (Å²) in [5.41, 5.74) is 6.09. The number of fused-ring (bicyclic) bond motifs is 3. The van der Waals surface area contributed by atoms with Gasteiger partial charge in [0, 0.05) is 26.7 Å². The van der Waals surface area contributed by atoms with Crippen molar-refractivity contribution in [1.82, 2.24) is 14.5 Å². The standard InChI is InChI=1S/C21H24N4O/c1-13-22-20-18(25(13)4)12-16(21(26)24(2)3)15-10-11-17(23-19(15)20)14-8-6-5-7-9-14/h5-9,12,17,23H,10-11H2,1-4H3. The minimum atomic E-state index is 0.0435. The SMILES string of the molecule is Cc1nc2c3c(c(C(=O)N(C)C)cc2n1C)CCC(c1ccccc1)N3. The molecule has 0 radical (unpaired) electrons. The van der Waals surface area contributed by atoms with Gasteiger partial charge in [-0.25, -0.2) is 4.98 Å². The van der Waals surface area contributed by atoms with E-state index in [1.54, 1.807) is 19.0 Å². The number of nitrogens with one attached hydrogen (secondary N) is 1. The summed E-state index contributed by atoms with van der Waals surface area (Å²) in [6.45, 7) is 2.00. The van der Waals surface area contributed by atoms with E-state index in [1.165, 1.54) is 5.56 Å². The Kier molecular flexibility index (Phi) is 3.94. The maximum absolute atomic E-state index is 12.8. The monoisotopic (exact) mass is 348 g/mol. The Morgan fingerprint density at radius 1 is 1.27 bits per heavy atom. The molecule has 1 aromatic heterocycles. The zero-order valence-corrected chi connectivity index (χ0v) is 15.7. The molecule has 4 rings (SSSR count). The van der Waals surface area contributed by atoms with Gasteiger partial charge in [0.25, 0.3) is 5.91 Å². The molecule has 0 saturated carbocycles. The number of carbonyl (C=O) groups is 1. The summed E-state index contributed by atoms with van der Waals surface area (Å²) < 4.78 is 2.05. The molecule has 0 fully saturated rings. The van der Waals surface area contributed by atoms with E-state index < -0.39 is 0 Å². The Labute approximate surface area is 153 Å². The highest BCUT2D eigenvalue weighted by molar-refractivity contribution is 6.04. The second-order valence-corrected chi connectivity index (χ2v) is 7.21. The van der Waals surface area contributed by atoms with Crippen molar-refractivity contribution in [2.75, 3.05) is 19.4 Å². The number of benzene rings is 2. The van der Waals surface area contributed by atoms with E-state index in [9.17, 15) is 4.79 Å². The normalized spacial score (nSPS) is 16.2. The second kappa shape index (κ2) is 6.16. The van der Waals surface area contributed by atoms with Gasteiger partial charge >= 0.3 is 0 Å². The molecule has 134 valence electrons. The van der Waals surface area contributed by atoms with Crippen LogP contribution in [0.2, 0.25) is 0 Å². The van der Waals surface area contributed by atoms with E-state index >= 15 is 0 Å². The first-order valence-corrected chi connectivity index (χ1v) is 8.99. The van der Waals surface area contributed by atoms with E-state index in [0.29, 0.717) is 0 Å². The molecule has 1 aliphatic heterocycles. The summed E-state index contributed by atoms with van der Waals surface area (Å²) in [7, 11) is 5.60. The van der Waals surface area contributed by atoms with Crippen LogP contribution in [0.5, 0.6) is 0 Å². The van der Waals surface area contributed by atoms with Gasteiger partial charge in [0.05, 0.1) is 17.2 Å². The molecule has 2 aromatic carbocycles. The zero-order chi connectivity index (χ0) is 18.4. The third kappa shape index (κ3) is 2.55. The van der Waals surface area contributed by atoms with Crippen molar-refractivity contribution in [3.8, 4) is 0 Å². The minimum Gasteiger partial charge on any atom is -0.376 e. The fourth-order valence-corrected chi connectivity index (χ4v) is 3.80. The number of hydrogen-bond acceptors (Lipinski definition) is 3. The molecule has 0 bridgehead atoms. The number of rotatable bonds is 2. The number of aryl methyl sites for hydroxylation is 2. The molecular formula is C21H24N4O. The topological polar surface area (TPSA) is 50.2 Å². The maximum atomic E-state index is 12.8. The first-order valence-electron chi connectivity index (χ1n) is 8.99. The van der Waals surface area contributed by atoms with Crippen LogP contribution in [-0.4, -0.2) is 34.5 Å². The van der Waals surface area contributed by atoms with Gasteiger partial charge in [0.15, 0.2) is 0 Å². The maximum Gasteiger partial charge on any atom is 0.253 e. The molecular weight excluding hydrogens is 324 g/mol. The molecule has 1 atom stereocenters. The third-order valence-corrected chi connectivity index (χ3v) is 5.35. The Balaban J connectivity index is 1.90. The van der Waals surface area contributed by atoms with Crippen molar-refractivity contribution in [2.45, 2.75) is 25.8 Å². The summed E-state index contributed by atoms with van der Waals surface area (Å²) in [6, 6.07) is 12.7. The van der Waals surface area contributed by atoms with Crippen LogP contribution in [0.15, 0.2) is 36.4 Å². The highest BCUT2D eigenvalue weighted by Crippen LogP contribution is 2.39. The fourth-order valence-electron chi connectivity index (χ4n) is 3.80. The van der Waals surface area contributed by atoms with E-state index in [2.05, 4.69) is 34.1 Å². The van der Waals surface area contributed by atoms with Crippen LogP contribution in [-0.2, 0) is 13.5 Å². The number of amides is 1. The van der Waals surface area contributed by atoms with Crippen LogP contribution < -0.4 is 5.32 Å². The van der Waals surface area contributed by atoms with Crippen LogP contribution in [0.4, 0.5) is 5.69 Å². The van der Waals surface area contributed by atoms with E-state index in [0.717, 1.165) is 46.5 Å². The second-order valence-electron chi connectivity index (χ2n) is 7.21. The molecule has 1 N–H and O–H groups in total. The number of hydrogen-bond donors (Lipinski definition) is 1. The van der Waals surface area contributed by atoms with Gasteiger partial charge in [0.1, 0.15) is 11.3 Å². The lowest BCUT2D eigenvalue weighted by Gasteiger charge is -2.29. The van der Waals surface area contributed by atoms with Gasteiger partial charge in [-0.2, -0.15) is 0 Å². The average Bonchev–Trinajstić information content (AvgIpc) is 2.95. The largest absolute Gasteiger partial charge is 0.376 e. The summed E-state index contributed by atoms with van der Waals surface area (Å²) in [5, 5.41) is 3.68. The van der Waals surface area contributed by atoms with Gasteiger partial charge in [-0.1, -0.05) is 30.3 Å². The molecule has 26 heavy (non-hydrogen) atoms. The first kappa shape index (κ1) is 16.6. The summed E-state index contributed by atoms with van der Waals surface area (Å²) in [5.74, 6) is 0.988. The van der Waals surface area contributed by atoms with Crippen LogP contribution in [0.1, 0.15) is 39.8 Å². The summed E-state index contributed by atoms with van der Waals surface area (Å²) >= 11 is 0. The first-order chi connectivity index (χ1) is 12.5. The van der Waals surface area contributed by atoms with Crippen molar-refractivity contribution in [1.29, 1.82) is 0 Å². The van der Waals surface area contributed by atoms with Crippen LogP contribution in [0, 0.1) is 6.92 Å². The van der Waals surface area contributed by atoms with Crippen molar-refractivity contribution in [3.05, 3.63) is 58.9 Å². The van der Waals surface area contributed by atoms with Crippen molar-refractivity contribution in [2.24, 2.45) is 7.05 Å². The molecule has 1 unspecified atom stereocenters. The van der Waals surface area contributed by atoms with Crippen molar-refractivity contribution >= 4 is 22.6 Å². The van der Waals surface area contributed by atoms with Crippen LogP contribution in [0.3, 0.4) is 0 Å². The van der Waals surface area contributed by atoms with Crippen LogP contribution in [0.25, 0.3) is 11.0 Å². The smallest absolute Gasteiger partial charge is 0.253 e. The zero-order valence-electron chi connectivity index (χ0n) is 15.7. The number of imidazole rings is 1. The highest BCUT2D eigenvalue weighted by Gasteiger charge is 2.28. The Morgan fingerprint density at radius 3 is 2.69 bits per heavy atom. The molecule has 5 heteroatoms. The molecule has 0 saturated heterocycles. The quantitative estimate of drug-likeness (QED) is 0.768. The molecule has 1 aliphatic rings. The number of anilines is 1. The number of aromatic nitrogens is 2. The van der Waals surface area contributed by atoms with Crippen molar-refractivity contribution in [3.63, 3.8) is 0 Å².